The lowest BCUT2D eigenvalue weighted by Crippen LogP contribution is -2.40. The molecule has 2 fully saturated rings. The summed E-state index contributed by atoms with van der Waals surface area (Å²) in [5.41, 5.74) is 2.51. The molecule has 1 aromatic rings. The van der Waals surface area contributed by atoms with Crippen LogP contribution >= 0.6 is 0 Å². The molecule has 3 rings (SSSR count). The average Bonchev–Trinajstić information content (AvgIpc) is 3.08. The minimum atomic E-state index is 0.484. The number of hydrogen-bond acceptors (Lipinski definition) is 3. The molecule has 3 heterocycles. The van der Waals surface area contributed by atoms with E-state index in [1.54, 1.807) is 0 Å². The summed E-state index contributed by atoms with van der Waals surface area (Å²) in [6.45, 7) is 2.17. The number of aromatic nitrogens is 1. The Balaban J connectivity index is 1.65. The molecule has 19 heavy (non-hydrogen) atoms. The summed E-state index contributed by atoms with van der Waals surface area (Å²) in [7, 11) is 2.07. The fourth-order valence-corrected chi connectivity index (χ4v) is 3.58. The summed E-state index contributed by atoms with van der Waals surface area (Å²) < 4.78 is 5.98. The van der Waals surface area contributed by atoms with Gasteiger partial charge in [-0.25, -0.2) is 0 Å². The Labute approximate surface area is 115 Å². The molecule has 3 nitrogen and oxygen atoms in total. The van der Waals surface area contributed by atoms with E-state index >= 15 is 0 Å². The third-order valence-electron chi connectivity index (χ3n) is 4.76. The summed E-state index contributed by atoms with van der Waals surface area (Å²) >= 11 is 0. The molecule has 0 radical (unpaired) electrons. The first-order chi connectivity index (χ1) is 9.30. The van der Waals surface area contributed by atoms with E-state index < -0.39 is 0 Å². The highest BCUT2D eigenvalue weighted by molar-refractivity contribution is 5.15. The van der Waals surface area contributed by atoms with Gasteiger partial charge < -0.3 is 10.1 Å². The molecule has 0 amide bonds. The van der Waals surface area contributed by atoms with Crippen molar-refractivity contribution in [3.63, 3.8) is 0 Å². The second kappa shape index (κ2) is 5.59. The Morgan fingerprint density at radius 1 is 1.42 bits per heavy atom. The number of nitrogens with zero attached hydrogens (tertiary/aromatic N) is 1. The first-order valence-electron chi connectivity index (χ1n) is 7.56. The van der Waals surface area contributed by atoms with Crippen LogP contribution < -0.4 is 5.32 Å². The second-order valence-electron chi connectivity index (χ2n) is 5.88. The van der Waals surface area contributed by atoms with Gasteiger partial charge in [0.05, 0.1) is 12.2 Å². The van der Waals surface area contributed by atoms with E-state index in [2.05, 4.69) is 36.4 Å². The standard InChI is InChI=1S/C16H24N2O/c1-3-11-4-5-12(18-10-11)8-15(17-2)14-9-13-6-7-16(14)19-13/h4-5,10,13-17H,3,6-9H2,1-2H3. The van der Waals surface area contributed by atoms with Crippen molar-refractivity contribution in [3.8, 4) is 0 Å². The van der Waals surface area contributed by atoms with Crippen LogP contribution in [0.25, 0.3) is 0 Å². The van der Waals surface area contributed by atoms with Crippen LogP contribution in [-0.4, -0.2) is 30.3 Å². The highest BCUT2D eigenvalue weighted by atomic mass is 16.5. The van der Waals surface area contributed by atoms with E-state index in [0.717, 1.165) is 12.8 Å². The van der Waals surface area contributed by atoms with Crippen LogP contribution in [-0.2, 0) is 17.6 Å². The molecule has 2 saturated heterocycles. The summed E-state index contributed by atoms with van der Waals surface area (Å²) in [5.74, 6) is 0.663. The summed E-state index contributed by atoms with van der Waals surface area (Å²) in [4.78, 5) is 4.59. The monoisotopic (exact) mass is 260 g/mol. The van der Waals surface area contributed by atoms with Crippen molar-refractivity contribution in [1.29, 1.82) is 0 Å². The van der Waals surface area contributed by atoms with Crippen LogP contribution in [0.3, 0.4) is 0 Å². The molecule has 0 aliphatic carbocycles. The lowest BCUT2D eigenvalue weighted by Gasteiger charge is -2.28. The summed E-state index contributed by atoms with van der Waals surface area (Å²) in [5, 5.41) is 3.49. The van der Waals surface area contributed by atoms with Crippen LogP contribution in [0.2, 0.25) is 0 Å². The van der Waals surface area contributed by atoms with Crippen LogP contribution in [0.15, 0.2) is 18.3 Å². The summed E-state index contributed by atoms with van der Waals surface area (Å²) in [6.07, 6.45) is 8.83. The van der Waals surface area contributed by atoms with E-state index in [-0.39, 0.29) is 0 Å². The summed E-state index contributed by atoms with van der Waals surface area (Å²) in [6, 6.07) is 4.87. The van der Waals surface area contributed by atoms with E-state index in [0.29, 0.717) is 24.2 Å². The van der Waals surface area contributed by atoms with Crippen molar-refractivity contribution in [2.45, 2.75) is 57.3 Å². The van der Waals surface area contributed by atoms with Crippen LogP contribution in [0.1, 0.15) is 37.4 Å². The maximum Gasteiger partial charge on any atom is 0.0623 e. The Morgan fingerprint density at radius 2 is 2.32 bits per heavy atom. The highest BCUT2D eigenvalue weighted by Gasteiger charge is 2.43. The number of rotatable bonds is 5. The largest absolute Gasteiger partial charge is 0.375 e. The molecule has 0 aromatic carbocycles. The quantitative estimate of drug-likeness (QED) is 0.882. The van der Waals surface area contributed by atoms with Crippen molar-refractivity contribution in [2.75, 3.05) is 7.05 Å². The molecule has 0 spiro atoms. The minimum absolute atomic E-state index is 0.484. The van der Waals surface area contributed by atoms with Crippen molar-refractivity contribution in [1.82, 2.24) is 10.3 Å². The Bertz CT molecular complexity index is 417. The predicted molar refractivity (Wildman–Crippen MR) is 76.2 cm³/mol. The Kier molecular flexibility index (Phi) is 3.85. The molecule has 1 aromatic heterocycles. The molecule has 0 saturated carbocycles. The van der Waals surface area contributed by atoms with Gasteiger partial charge in [0.1, 0.15) is 0 Å². The van der Waals surface area contributed by atoms with Gasteiger partial charge in [-0.05, 0) is 44.4 Å². The number of ether oxygens (including phenoxy) is 1. The molecular formula is C16H24N2O. The topological polar surface area (TPSA) is 34.1 Å². The predicted octanol–water partition coefficient (Wildman–Crippen LogP) is 2.34. The van der Waals surface area contributed by atoms with Gasteiger partial charge in [-0.3, -0.25) is 4.98 Å². The van der Waals surface area contributed by atoms with E-state index in [4.69, 9.17) is 4.74 Å². The zero-order valence-electron chi connectivity index (χ0n) is 11.9. The van der Waals surface area contributed by atoms with Crippen molar-refractivity contribution >= 4 is 0 Å². The third kappa shape index (κ3) is 2.67. The molecule has 2 bridgehead atoms. The van der Waals surface area contributed by atoms with Gasteiger partial charge in [0.2, 0.25) is 0 Å². The molecule has 2 aliphatic heterocycles. The van der Waals surface area contributed by atoms with Gasteiger partial charge in [0.15, 0.2) is 0 Å². The van der Waals surface area contributed by atoms with Crippen molar-refractivity contribution < 1.29 is 4.74 Å². The third-order valence-corrected chi connectivity index (χ3v) is 4.76. The number of pyridine rings is 1. The van der Waals surface area contributed by atoms with Gasteiger partial charge in [-0.1, -0.05) is 13.0 Å². The number of aryl methyl sites for hydroxylation is 1. The van der Waals surface area contributed by atoms with Crippen LogP contribution in [0.5, 0.6) is 0 Å². The number of likely N-dealkylation sites (N-methyl/N-ethyl adjacent to an activating group) is 1. The number of fused-ring (bicyclic) bond motifs is 2. The first kappa shape index (κ1) is 13.1. The average molecular weight is 260 g/mol. The molecule has 4 atom stereocenters. The number of nitrogens with one attached hydrogen (secondary N) is 1. The van der Waals surface area contributed by atoms with Crippen LogP contribution in [0, 0.1) is 5.92 Å². The zero-order valence-corrected chi connectivity index (χ0v) is 11.9. The van der Waals surface area contributed by atoms with Gasteiger partial charge in [-0.2, -0.15) is 0 Å². The minimum Gasteiger partial charge on any atom is -0.375 e. The molecular weight excluding hydrogens is 236 g/mol. The molecule has 104 valence electrons. The van der Waals surface area contributed by atoms with E-state index in [1.165, 1.54) is 30.5 Å². The van der Waals surface area contributed by atoms with Gasteiger partial charge in [-0.15, -0.1) is 0 Å². The highest BCUT2D eigenvalue weighted by Crippen LogP contribution is 2.40. The normalized spacial score (nSPS) is 30.7. The lowest BCUT2D eigenvalue weighted by atomic mass is 9.82. The van der Waals surface area contributed by atoms with E-state index in [1.807, 2.05) is 6.20 Å². The molecule has 1 N–H and O–H groups in total. The van der Waals surface area contributed by atoms with Gasteiger partial charge in [0.25, 0.3) is 0 Å². The maximum absolute atomic E-state index is 5.98. The van der Waals surface area contributed by atoms with Crippen molar-refractivity contribution in [2.24, 2.45) is 5.92 Å². The Hall–Kier alpha value is -0.930. The second-order valence-corrected chi connectivity index (χ2v) is 5.88. The SMILES string of the molecule is CCc1ccc(CC(NC)C2CC3CCC2O3)nc1. The fourth-order valence-electron chi connectivity index (χ4n) is 3.58. The first-order valence-corrected chi connectivity index (χ1v) is 7.56. The van der Waals surface area contributed by atoms with Gasteiger partial charge >= 0.3 is 0 Å². The lowest BCUT2D eigenvalue weighted by molar-refractivity contribution is 0.0862. The zero-order chi connectivity index (χ0) is 13.2. The maximum atomic E-state index is 5.98. The van der Waals surface area contributed by atoms with E-state index in [9.17, 15) is 0 Å². The molecule has 4 unspecified atom stereocenters. The Morgan fingerprint density at radius 3 is 2.84 bits per heavy atom. The van der Waals surface area contributed by atoms with Gasteiger partial charge in [0, 0.05) is 30.3 Å². The molecule has 2 aliphatic rings. The number of hydrogen-bond donors (Lipinski definition) is 1. The molecule has 3 heteroatoms. The fraction of sp³-hybridized carbons (Fsp3) is 0.688. The van der Waals surface area contributed by atoms with Crippen LogP contribution in [0.4, 0.5) is 0 Å². The smallest absolute Gasteiger partial charge is 0.0623 e. The van der Waals surface area contributed by atoms with Crippen molar-refractivity contribution in [3.05, 3.63) is 29.6 Å².